The van der Waals surface area contributed by atoms with Crippen LogP contribution in [0, 0.1) is 0 Å². The van der Waals surface area contributed by atoms with Crippen molar-refractivity contribution >= 4 is 60.5 Å². The molecule has 0 aliphatic heterocycles. The second-order valence-electron chi connectivity index (χ2n) is 17.3. The Labute approximate surface area is 371 Å². The van der Waals surface area contributed by atoms with E-state index in [1.807, 2.05) is 0 Å². The Kier molecular flexibility index (Phi) is 7.32. The molecule has 0 atom stereocenters. The molecule has 0 N–H and O–H groups in total. The predicted molar refractivity (Wildman–Crippen MR) is 266 cm³/mol. The van der Waals surface area contributed by atoms with E-state index in [0.717, 1.165) is 28.4 Å². The van der Waals surface area contributed by atoms with Gasteiger partial charge in [-0.25, -0.2) is 0 Å². The molecule has 0 saturated carbocycles. The minimum absolute atomic E-state index is 0.433. The minimum atomic E-state index is -0.433. The van der Waals surface area contributed by atoms with Gasteiger partial charge in [-0.2, -0.15) is 0 Å². The van der Waals surface area contributed by atoms with Crippen LogP contribution in [0.1, 0.15) is 22.3 Å². The Balaban J connectivity index is 0.972. The van der Waals surface area contributed by atoms with E-state index in [0.29, 0.717) is 0 Å². The molecule has 2 aromatic heterocycles. The number of benzene rings is 10. The highest BCUT2D eigenvalue weighted by Crippen LogP contribution is 2.63. The van der Waals surface area contributed by atoms with Gasteiger partial charge in [0, 0.05) is 50.8 Å². The zero-order chi connectivity index (χ0) is 41.9. The van der Waals surface area contributed by atoms with Crippen LogP contribution >= 0.6 is 0 Å². The highest BCUT2D eigenvalue weighted by molar-refractivity contribution is 6.18. The second-order valence-corrected chi connectivity index (χ2v) is 17.3. The molecular formula is C61H39N3. The van der Waals surface area contributed by atoms with Crippen LogP contribution in [0.15, 0.2) is 237 Å². The van der Waals surface area contributed by atoms with Crippen molar-refractivity contribution in [2.45, 2.75) is 5.41 Å². The van der Waals surface area contributed by atoms with Crippen molar-refractivity contribution in [1.29, 1.82) is 0 Å². The monoisotopic (exact) mass is 813 g/mol. The third kappa shape index (κ3) is 4.76. The summed E-state index contributed by atoms with van der Waals surface area (Å²) in [5.41, 5.74) is 19.3. The van der Waals surface area contributed by atoms with Crippen molar-refractivity contribution in [2.24, 2.45) is 0 Å². The van der Waals surface area contributed by atoms with Gasteiger partial charge in [0.1, 0.15) is 0 Å². The maximum absolute atomic E-state index is 2.48. The molecule has 0 saturated heterocycles. The summed E-state index contributed by atoms with van der Waals surface area (Å²) in [5, 5.41) is 6.14. The van der Waals surface area contributed by atoms with Gasteiger partial charge in [-0.1, -0.05) is 158 Å². The molecule has 0 amide bonds. The number of anilines is 3. The Morgan fingerprint density at radius 1 is 0.328 bits per heavy atom. The van der Waals surface area contributed by atoms with E-state index in [-0.39, 0.29) is 0 Å². The van der Waals surface area contributed by atoms with Crippen LogP contribution in [0.2, 0.25) is 0 Å². The van der Waals surface area contributed by atoms with Gasteiger partial charge in [0.2, 0.25) is 0 Å². The normalized spacial score (nSPS) is 13.1. The lowest BCUT2D eigenvalue weighted by Crippen LogP contribution is -2.26. The molecule has 2 aliphatic rings. The van der Waals surface area contributed by atoms with Crippen molar-refractivity contribution in [2.75, 3.05) is 4.90 Å². The number of para-hydroxylation sites is 2. The number of nitrogens with zero attached hydrogens (tertiary/aromatic N) is 3. The smallest absolute Gasteiger partial charge is 0.0788 e. The van der Waals surface area contributed by atoms with Crippen LogP contribution in [-0.4, -0.2) is 9.13 Å². The van der Waals surface area contributed by atoms with E-state index in [1.165, 1.54) is 88.0 Å². The summed E-state index contributed by atoms with van der Waals surface area (Å²) >= 11 is 0. The highest BCUT2D eigenvalue weighted by atomic mass is 15.1. The fraction of sp³-hybridized carbons (Fsp3) is 0.0164. The molecule has 2 aliphatic carbocycles. The average Bonchev–Trinajstić information content (AvgIpc) is 4.10. The quantitative estimate of drug-likeness (QED) is 0.169. The molecule has 0 bridgehead atoms. The van der Waals surface area contributed by atoms with E-state index in [4.69, 9.17) is 0 Å². The van der Waals surface area contributed by atoms with Gasteiger partial charge >= 0.3 is 0 Å². The van der Waals surface area contributed by atoms with Crippen LogP contribution in [0.4, 0.5) is 17.1 Å². The summed E-state index contributed by atoms with van der Waals surface area (Å²) in [5.74, 6) is 0. The van der Waals surface area contributed by atoms with Gasteiger partial charge in [0.15, 0.2) is 0 Å². The number of rotatable bonds is 5. The number of fused-ring (bicyclic) bond motifs is 16. The lowest BCUT2D eigenvalue weighted by molar-refractivity contribution is 0.793. The van der Waals surface area contributed by atoms with Crippen molar-refractivity contribution in [1.82, 2.24) is 9.13 Å². The first kappa shape index (κ1) is 35.2. The van der Waals surface area contributed by atoms with Crippen LogP contribution in [0.25, 0.3) is 77.1 Å². The van der Waals surface area contributed by atoms with E-state index in [9.17, 15) is 0 Å². The van der Waals surface area contributed by atoms with Gasteiger partial charge < -0.3 is 14.0 Å². The molecule has 3 heteroatoms. The minimum Gasteiger partial charge on any atom is -0.315 e. The van der Waals surface area contributed by atoms with E-state index < -0.39 is 5.41 Å². The van der Waals surface area contributed by atoms with Gasteiger partial charge in [0.05, 0.1) is 22.0 Å². The first-order chi connectivity index (χ1) is 31.8. The molecule has 0 unspecified atom stereocenters. The van der Waals surface area contributed by atoms with Gasteiger partial charge in [-0.15, -0.1) is 0 Å². The lowest BCUT2D eigenvalue weighted by atomic mass is 9.70. The average molecular weight is 814 g/mol. The topological polar surface area (TPSA) is 13.1 Å². The van der Waals surface area contributed by atoms with Crippen LogP contribution in [-0.2, 0) is 5.41 Å². The van der Waals surface area contributed by atoms with Crippen LogP contribution in [0.3, 0.4) is 0 Å². The Morgan fingerprint density at radius 3 is 1.62 bits per heavy atom. The fourth-order valence-corrected chi connectivity index (χ4v) is 11.5. The second kappa shape index (κ2) is 13.3. The predicted octanol–water partition coefficient (Wildman–Crippen LogP) is 15.7. The first-order valence-corrected chi connectivity index (χ1v) is 22.2. The zero-order valence-corrected chi connectivity index (χ0v) is 34.9. The summed E-state index contributed by atoms with van der Waals surface area (Å²) in [7, 11) is 0. The maximum Gasteiger partial charge on any atom is 0.0788 e. The lowest BCUT2D eigenvalue weighted by Gasteiger charge is -2.32. The standard InChI is InChI=1S/C61H39N3/c1-2-16-44(17-3-1)64-58-25-13-9-21-52(58)53-34-27-41-36-37-62(59(41)60(53)64)43-29-31-45(32-30-43)63(46-28-26-40-14-4-5-15-42(40)38-46)47-33-35-51-50-20-8-12-24-56(50)61(57(51)39-47)54-22-10-6-18-48(54)49-19-7-11-23-55(49)61/h1-39H. The van der Waals surface area contributed by atoms with E-state index >= 15 is 0 Å². The number of aromatic nitrogens is 2. The van der Waals surface area contributed by atoms with Gasteiger partial charge in [-0.3, -0.25) is 0 Å². The molecule has 1 spiro atoms. The van der Waals surface area contributed by atoms with Gasteiger partial charge in [0.25, 0.3) is 0 Å². The largest absolute Gasteiger partial charge is 0.315 e. The van der Waals surface area contributed by atoms with Gasteiger partial charge in [-0.05, 0) is 128 Å². The molecule has 12 aromatic rings. The molecule has 10 aromatic carbocycles. The Bertz CT molecular complexity index is 3790. The molecule has 2 heterocycles. The van der Waals surface area contributed by atoms with Crippen molar-refractivity contribution in [3.8, 4) is 33.6 Å². The third-order valence-corrected chi connectivity index (χ3v) is 14.1. The van der Waals surface area contributed by atoms with Crippen LogP contribution in [0.5, 0.6) is 0 Å². The SMILES string of the molecule is c1ccc(-n2c3ccccc3c3ccc4ccn(-c5ccc(N(c6ccc7c(c6)C6(c8ccccc8-c8ccccc86)c6ccccc6-7)c6ccc7ccccc7c6)cc5)c4c32)cc1. The summed E-state index contributed by atoms with van der Waals surface area (Å²) in [6, 6.07) is 85.3. The molecule has 298 valence electrons. The third-order valence-electron chi connectivity index (χ3n) is 14.1. The van der Waals surface area contributed by atoms with E-state index in [2.05, 4.69) is 251 Å². The molecule has 64 heavy (non-hydrogen) atoms. The first-order valence-electron chi connectivity index (χ1n) is 22.2. The molecule has 14 rings (SSSR count). The number of hydrogen-bond donors (Lipinski definition) is 0. The number of hydrogen-bond acceptors (Lipinski definition) is 1. The fourth-order valence-electron chi connectivity index (χ4n) is 11.5. The Hall–Kier alpha value is -8.40. The van der Waals surface area contributed by atoms with E-state index in [1.54, 1.807) is 0 Å². The Morgan fingerprint density at radius 2 is 0.891 bits per heavy atom. The molecule has 0 radical (unpaired) electrons. The van der Waals surface area contributed by atoms with Crippen molar-refractivity contribution in [3.63, 3.8) is 0 Å². The summed E-state index contributed by atoms with van der Waals surface area (Å²) in [6.45, 7) is 0. The van der Waals surface area contributed by atoms with Crippen LogP contribution < -0.4 is 4.90 Å². The molecule has 3 nitrogen and oxygen atoms in total. The maximum atomic E-state index is 2.48. The highest BCUT2D eigenvalue weighted by Gasteiger charge is 2.51. The zero-order valence-electron chi connectivity index (χ0n) is 34.9. The summed E-state index contributed by atoms with van der Waals surface area (Å²) < 4.78 is 4.80. The summed E-state index contributed by atoms with van der Waals surface area (Å²) in [4.78, 5) is 2.44. The van der Waals surface area contributed by atoms with Crippen molar-refractivity contribution in [3.05, 3.63) is 259 Å². The molecular weight excluding hydrogens is 775 g/mol. The summed E-state index contributed by atoms with van der Waals surface area (Å²) in [6.07, 6.45) is 2.22. The van der Waals surface area contributed by atoms with Crippen molar-refractivity contribution < 1.29 is 0 Å². The molecule has 0 fully saturated rings.